The zero-order valence-corrected chi connectivity index (χ0v) is 22.1. The Balaban J connectivity index is 1.73. The number of benzene rings is 3. The number of ether oxygens (including phenoxy) is 1. The first-order valence-corrected chi connectivity index (χ1v) is 12.6. The van der Waals surface area contributed by atoms with Gasteiger partial charge < -0.3 is 14.7 Å². The normalized spacial score (nSPS) is 17.0. The number of carbonyl (C=O) groups excluding carboxylic acids is 2. The van der Waals surface area contributed by atoms with Crippen molar-refractivity contribution in [1.29, 1.82) is 0 Å². The number of ketones is 1. The lowest BCUT2D eigenvalue weighted by atomic mass is 9.95. The van der Waals surface area contributed by atoms with Crippen molar-refractivity contribution in [2.24, 2.45) is 0 Å². The molecule has 1 unspecified atom stereocenters. The summed E-state index contributed by atoms with van der Waals surface area (Å²) < 4.78 is 6.23. The highest BCUT2D eigenvalue weighted by atomic mass is 32.1. The quantitative estimate of drug-likeness (QED) is 0.212. The van der Waals surface area contributed by atoms with Gasteiger partial charge in [-0.3, -0.25) is 14.5 Å². The van der Waals surface area contributed by atoms with Crippen LogP contribution in [0.15, 0.2) is 66.2 Å². The molecule has 188 valence electrons. The molecular weight excluding hydrogens is 486 g/mol. The minimum absolute atomic E-state index is 0.0167. The number of hydrogen-bond donors (Lipinski definition) is 1. The molecule has 1 aromatic heterocycles. The summed E-state index contributed by atoms with van der Waals surface area (Å²) >= 11 is 1.36. The van der Waals surface area contributed by atoms with Gasteiger partial charge in [0.1, 0.15) is 11.5 Å². The Morgan fingerprint density at radius 3 is 2.46 bits per heavy atom. The van der Waals surface area contributed by atoms with E-state index in [0.29, 0.717) is 22.0 Å². The summed E-state index contributed by atoms with van der Waals surface area (Å²) in [6, 6.07) is 17.6. The van der Waals surface area contributed by atoms with Crippen molar-refractivity contribution in [2.45, 2.75) is 19.9 Å². The number of rotatable bonds is 5. The Labute approximate surface area is 219 Å². The highest BCUT2D eigenvalue weighted by Crippen LogP contribution is 2.45. The molecule has 1 fully saturated rings. The third kappa shape index (κ3) is 4.23. The molecule has 7 nitrogen and oxygen atoms in total. The number of aliphatic hydroxyl groups is 1. The fraction of sp³-hybridized carbons (Fsp3) is 0.207. The molecule has 2 heterocycles. The number of aliphatic hydroxyl groups excluding tert-OH is 1. The fourth-order valence-electron chi connectivity index (χ4n) is 4.69. The van der Waals surface area contributed by atoms with E-state index < -0.39 is 17.7 Å². The lowest BCUT2D eigenvalue weighted by molar-refractivity contribution is -0.132. The number of methoxy groups -OCH3 is 1. The van der Waals surface area contributed by atoms with Gasteiger partial charge in [-0.2, -0.15) is 0 Å². The minimum Gasteiger partial charge on any atom is -0.507 e. The van der Waals surface area contributed by atoms with E-state index in [1.54, 1.807) is 24.3 Å². The Hall–Kier alpha value is -4.17. The number of nitrogens with zero attached hydrogens (tertiary/aromatic N) is 3. The van der Waals surface area contributed by atoms with Gasteiger partial charge in [-0.1, -0.05) is 41.7 Å². The Bertz CT molecular complexity index is 1570. The molecule has 37 heavy (non-hydrogen) atoms. The lowest BCUT2D eigenvalue weighted by Crippen LogP contribution is -2.29. The molecule has 0 spiro atoms. The monoisotopic (exact) mass is 513 g/mol. The summed E-state index contributed by atoms with van der Waals surface area (Å²) in [6.07, 6.45) is 0. The van der Waals surface area contributed by atoms with Crippen LogP contribution in [0.5, 0.6) is 5.75 Å². The SMILES string of the molecule is COc1cccc(/C(O)=C2\C(=O)C(=O)N(c3nc4c(C)cc(C)cc4s3)C2c2ccc(N(C)C)cc2)c1. The first-order chi connectivity index (χ1) is 17.7. The van der Waals surface area contributed by atoms with E-state index >= 15 is 0 Å². The van der Waals surface area contributed by atoms with Crippen LogP contribution in [0.2, 0.25) is 0 Å². The smallest absolute Gasteiger partial charge is 0.301 e. The van der Waals surface area contributed by atoms with Gasteiger partial charge in [0.2, 0.25) is 0 Å². The van der Waals surface area contributed by atoms with E-state index in [2.05, 4.69) is 0 Å². The van der Waals surface area contributed by atoms with Crippen molar-refractivity contribution in [3.63, 3.8) is 0 Å². The number of hydrogen-bond acceptors (Lipinski definition) is 7. The van der Waals surface area contributed by atoms with Gasteiger partial charge in [-0.25, -0.2) is 4.98 Å². The molecule has 1 atom stereocenters. The van der Waals surface area contributed by atoms with Gasteiger partial charge in [-0.05, 0) is 60.9 Å². The standard InChI is InChI=1S/C29H27N3O4S/c1-16-13-17(2)24-22(14-16)37-29(30-24)32-25(18-9-11-20(12-10-18)31(3)4)23(27(34)28(32)35)26(33)19-7-6-8-21(15-19)36-5/h6-15,25,33H,1-5H3/b26-23+. The predicted molar refractivity (Wildman–Crippen MR) is 148 cm³/mol. The zero-order chi connectivity index (χ0) is 26.4. The molecule has 1 saturated heterocycles. The molecule has 8 heteroatoms. The van der Waals surface area contributed by atoms with Crippen LogP contribution in [0.3, 0.4) is 0 Å². The van der Waals surface area contributed by atoms with Gasteiger partial charge in [0.15, 0.2) is 5.13 Å². The van der Waals surface area contributed by atoms with E-state index in [0.717, 1.165) is 27.0 Å². The molecule has 3 aromatic carbocycles. The van der Waals surface area contributed by atoms with E-state index in [4.69, 9.17) is 9.72 Å². The molecule has 0 bridgehead atoms. The predicted octanol–water partition coefficient (Wildman–Crippen LogP) is 5.61. The van der Waals surface area contributed by atoms with Crippen LogP contribution in [0.1, 0.15) is 28.3 Å². The average Bonchev–Trinajstić information content (AvgIpc) is 3.42. The number of amides is 1. The maximum atomic E-state index is 13.5. The molecule has 0 aliphatic carbocycles. The summed E-state index contributed by atoms with van der Waals surface area (Å²) in [5.74, 6) is -1.20. The zero-order valence-electron chi connectivity index (χ0n) is 21.3. The van der Waals surface area contributed by atoms with E-state index in [-0.39, 0.29) is 11.3 Å². The van der Waals surface area contributed by atoms with Gasteiger partial charge in [0.05, 0.1) is 28.9 Å². The second kappa shape index (κ2) is 9.37. The van der Waals surface area contributed by atoms with Crippen molar-refractivity contribution in [1.82, 2.24) is 4.98 Å². The van der Waals surface area contributed by atoms with Crippen LogP contribution < -0.4 is 14.5 Å². The summed E-state index contributed by atoms with van der Waals surface area (Å²) in [5, 5.41) is 11.8. The van der Waals surface area contributed by atoms with Crippen molar-refractivity contribution < 1.29 is 19.4 Å². The third-order valence-corrected chi connectivity index (χ3v) is 7.54. The van der Waals surface area contributed by atoms with Gasteiger partial charge in [-0.15, -0.1) is 0 Å². The highest BCUT2D eigenvalue weighted by Gasteiger charge is 2.48. The molecule has 0 saturated carbocycles. The van der Waals surface area contributed by atoms with Crippen LogP contribution in [0, 0.1) is 13.8 Å². The third-order valence-electron chi connectivity index (χ3n) is 6.54. The van der Waals surface area contributed by atoms with E-state index in [1.165, 1.54) is 23.3 Å². The maximum absolute atomic E-state index is 13.5. The van der Waals surface area contributed by atoms with Crippen molar-refractivity contribution in [3.8, 4) is 5.75 Å². The number of Topliss-reactive ketones (excluding diaryl/α,β-unsaturated/α-hetero) is 1. The Morgan fingerprint density at radius 2 is 1.78 bits per heavy atom. The van der Waals surface area contributed by atoms with Crippen LogP contribution in [0.25, 0.3) is 16.0 Å². The summed E-state index contributed by atoms with van der Waals surface area (Å²) in [4.78, 5) is 35.2. The maximum Gasteiger partial charge on any atom is 0.301 e. The highest BCUT2D eigenvalue weighted by molar-refractivity contribution is 7.22. The summed E-state index contributed by atoms with van der Waals surface area (Å²) in [7, 11) is 5.41. The van der Waals surface area contributed by atoms with Gasteiger partial charge >= 0.3 is 5.91 Å². The molecule has 5 rings (SSSR count). The summed E-state index contributed by atoms with van der Waals surface area (Å²) in [5.41, 5.74) is 4.96. The summed E-state index contributed by atoms with van der Waals surface area (Å²) in [6.45, 7) is 3.99. The average molecular weight is 514 g/mol. The molecule has 1 amide bonds. The first kappa shape index (κ1) is 24.5. The first-order valence-electron chi connectivity index (χ1n) is 11.8. The second-order valence-corrected chi connectivity index (χ2v) is 10.3. The van der Waals surface area contributed by atoms with Crippen LogP contribution in [-0.4, -0.2) is 43.0 Å². The van der Waals surface area contributed by atoms with Crippen LogP contribution >= 0.6 is 11.3 Å². The largest absolute Gasteiger partial charge is 0.507 e. The number of fused-ring (bicyclic) bond motifs is 1. The fourth-order valence-corrected chi connectivity index (χ4v) is 5.86. The number of thiazole rings is 1. The topological polar surface area (TPSA) is 83.0 Å². The number of aromatic nitrogens is 1. The Kier molecular flexibility index (Phi) is 6.21. The van der Waals surface area contributed by atoms with E-state index in [1.807, 2.05) is 69.2 Å². The van der Waals surface area contributed by atoms with E-state index in [9.17, 15) is 14.7 Å². The molecule has 1 N–H and O–H groups in total. The number of anilines is 2. The lowest BCUT2D eigenvalue weighted by Gasteiger charge is -2.23. The van der Waals surface area contributed by atoms with Gasteiger partial charge in [0.25, 0.3) is 5.78 Å². The number of aryl methyl sites for hydroxylation is 2. The number of carbonyl (C=O) groups is 2. The minimum atomic E-state index is -0.843. The second-order valence-electron chi connectivity index (χ2n) is 9.31. The van der Waals surface area contributed by atoms with Crippen molar-refractivity contribution in [3.05, 3.63) is 88.5 Å². The van der Waals surface area contributed by atoms with Crippen LogP contribution in [-0.2, 0) is 9.59 Å². The molecular formula is C29H27N3O4S. The molecule has 1 aliphatic heterocycles. The van der Waals surface area contributed by atoms with Gasteiger partial charge in [0, 0.05) is 25.3 Å². The molecule has 0 radical (unpaired) electrons. The van der Waals surface area contributed by atoms with Crippen LogP contribution in [0.4, 0.5) is 10.8 Å². The molecule has 4 aromatic rings. The van der Waals surface area contributed by atoms with Crippen molar-refractivity contribution >= 4 is 49.8 Å². The molecule has 1 aliphatic rings. The Morgan fingerprint density at radius 1 is 1.05 bits per heavy atom. The van der Waals surface area contributed by atoms with Crippen molar-refractivity contribution in [2.75, 3.05) is 31.0 Å².